The molecule has 0 unspecified atom stereocenters. The maximum atomic E-state index is 11.6. The maximum absolute atomic E-state index is 11.6. The van der Waals surface area contributed by atoms with Gasteiger partial charge in [-0.25, -0.2) is 9.74 Å². The average molecular weight is 294 g/mol. The lowest BCUT2D eigenvalue weighted by molar-refractivity contribution is -0.0789. The summed E-state index contributed by atoms with van der Waals surface area (Å²) in [5.41, 5.74) is 1.30. The molecule has 1 rings (SSSR count). The lowest BCUT2D eigenvalue weighted by Crippen LogP contribution is -2.03. The van der Waals surface area contributed by atoms with Crippen molar-refractivity contribution in [3.05, 3.63) is 32.9 Å². The van der Waals surface area contributed by atoms with Crippen LogP contribution in [0.15, 0.2) is 18.2 Å². The highest BCUT2D eigenvalue weighted by Gasteiger charge is 2.13. The van der Waals surface area contributed by atoms with Crippen molar-refractivity contribution >= 4 is 28.6 Å². The van der Waals surface area contributed by atoms with Gasteiger partial charge in [0.05, 0.1) is 5.56 Å². The third-order valence-corrected chi connectivity index (χ3v) is 3.02. The van der Waals surface area contributed by atoms with E-state index in [0.29, 0.717) is 0 Å². The van der Waals surface area contributed by atoms with Gasteiger partial charge in [0.1, 0.15) is 0 Å². The van der Waals surface area contributed by atoms with Crippen molar-refractivity contribution in [3.8, 4) is 0 Å². The first kappa shape index (κ1) is 10.4. The van der Waals surface area contributed by atoms with Crippen LogP contribution in [0.5, 0.6) is 0 Å². The number of hydrogen-bond donors (Lipinski definition) is 0. The Bertz CT molecular complexity index is 325. The van der Waals surface area contributed by atoms with Crippen LogP contribution < -0.4 is 0 Å². The van der Waals surface area contributed by atoms with Crippen molar-refractivity contribution in [2.75, 3.05) is 0 Å². The van der Waals surface area contributed by atoms with E-state index in [2.05, 4.69) is 4.94 Å². The van der Waals surface area contributed by atoms with E-state index in [9.17, 15) is 9.32 Å². The van der Waals surface area contributed by atoms with Crippen LogP contribution in [0.25, 0.3) is 0 Å². The molecular weight excluding hydrogens is 286 g/mol. The molecule has 0 fully saturated rings. The Kier molecular flexibility index (Phi) is 3.65. The minimum Gasteiger partial charge on any atom is -0.249 e. The molecule has 0 atom stereocenters. The van der Waals surface area contributed by atoms with Gasteiger partial charge in [-0.3, -0.25) is 0 Å². The first-order chi connectivity index (χ1) is 6.20. The van der Waals surface area contributed by atoms with Gasteiger partial charge in [-0.15, -0.1) is 0 Å². The minimum atomic E-state index is -0.931. The normalized spacial score (nSPS) is 9.77. The molecule has 0 radical (unpaired) electrons. The SMILES string of the molecule is CCc1cccc(C(=O)OF)c1I. The molecule has 0 aliphatic heterocycles. The number of halogens is 2. The van der Waals surface area contributed by atoms with Gasteiger partial charge >= 0.3 is 5.97 Å². The Labute approximate surface area is 89.1 Å². The van der Waals surface area contributed by atoms with Crippen LogP contribution in [0.3, 0.4) is 0 Å². The standard InChI is InChI=1S/C9H8FIO2/c1-2-6-4-3-5-7(8(6)11)9(12)13-10/h3-5H,2H2,1H3. The molecule has 0 aromatic heterocycles. The van der Waals surface area contributed by atoms with Crippen LogP contribution in [0.4, 0.5) is 4.53 Å². The van der Waals surface area contributed by atoms with Crippen LogP contribution in [0.2, 0.25) is 0 Å². The average Bonchev–Trinajstić information content (AvgIpc) is 2.17. The summed E-state index contributed by atoms with van der Waals surface area (Å²) in [5, 5.41) is 0. The molecule has 0 aliphatic carbocycles. The van der Waals surface area contributed by atoms with E-state index < -0.39 is 5.97 Å². The van der Waals surface area contributed by atoms with Crippen molar-refractivity contribution in [1.82, 2.24) is 0 Å². The molecule has 70 valence electrons. The second kappa shape index (κ2) is 4.55. The molecule has 0 saturated carbocycles. The lowest BCUT2D eigenvalue weighted by Gasteiger charge is -2.04. The van der Waals surface area contributed by atoms with Crippen LogP contribution >= 0.6 is 22.6 Å². The number of carbonyl (C=O) groups is 1. The summed E-state index contributed by atoms with van der Waals surface area (Å²) in [6.45, 7) is 1.97. The summed E-state index contributed by atoms with van der Waals surface area (Å²) in [6.07, 6.45) is 0.811. The predicted molar refractivity (Wildman–Crippen MR) is 55.1 cm³/mol. The highest BCUT2D eigenvalue weighted by atomic mass is 127. The first-order valence-electron chi connectivity index (χ1n) is 3.81. The zero-order chi connectivity index (χ0) is 9.84. The highest BCUT2D eigenvalue weighted by Crippen LogP contribution is 2.18. The van der Waals surface area contributed by atoms with Gasteiger partial charge in [-0.05, 0) is 40.6 Å². The van der Waals surface area contributed by atoms with Gasteiger partial charge in [0, 0.05) is 8.10 Å². The molecule has 1 aromatic carbocycles. The Hall–Kier alpha value is -0.650. The number of benzene rings is 1. The molecule has 0 bridgehead atoms. The number of rotatable bonds is 2. The van der Waals surface area contributed by atoms with E-state index in [1.807, 2.05) is 35.6 Å². The Balaban J connectivity index is 3.15. The van der Waals surface area contributed by atoms with Gasteiger partial charge < -0.3 is 0 Å². The Morgan fingerprint density at radius 2 is 2.31 bits per heavy atom. The van der Waals surface area contributed by atoms with E-state index in [0.717, 1.165) is 15.6 Å². The third kappa shape index (κ3) is 2.18. The van der Waals surface area contributed by atoms with Crippen LogP contribution in [0.1, 0.15) is 22.8 Å². The predicted octanol–water partition coefficient (Wildman–Crippen LogP) is 2.89. The summed E-state index contributed by atoms with van der Waals surface area (Å²) in [6, 6.07) is 5.16. The molecule has 1 aromatic rings. The molecule has 0 heterocycles. The minimum absolute atomic E-state index is 0.280. The lowest BCUT2D eigenvalue weighted by atomic mass is 10.1. The van der Waals surface area contributed by atoms with Gasteiger partial charge in [0.15, 0.2) is 0 Å². The summed E-state index contributed by atoms with van der Waals surface area (Å²) >= 11 is 2.01. The van der Waals surface area contributed by atoms with Crippen molar-refractivity contribution in [1.29, 1.82) is 0 Å². The molecule has 0 N–H and O–H groups in total. The van der Waals surface area contributed by atoms with Crippen LogP contribution in [-0.4, -0.2) is 5.97 Å². The summed E-state index contributed by atoms with van der Waals surface area (Å²) < 4.78 is 12.4. The fourth-order valence-electron chi connectivity index (χ4n) is 1.05. The van der Waals surface area contributed by atoms with Crippen molar-refractivity contribution in [2.45, 2.75) is 13.3 Å². The zero-order valence-corrected chi connectivity index (χ0v) is 9.17. The molecule has 13 heavy (non-hydrogen) atoms. The fourth-order valence-corrected chi connectivity index (χ4v) is 2.01. The molecule has 4 heteroatoms. The van der Waals surface area contributed by atoms with Gasteiger partial charge in [-0.2, -0.15) is 0 Å². The molecule has 0 saturated heterocycles. The molecule has 2 nitrogen and oxygen atoms in total. The van der Waals surface area contributed by atoms with Crippen LogP contribution in [0, 0.1) is 3.57 Å². The molecule has 0 amide bonds. The smallest absolute Gasteiger partial charge is 0.249 e. The van der Waals surface area contributed by atoms with E-state index >= 15 is 0 Å². The second-order valence-corrected chi connectivity index (χ2v) is 3.58. The van der Waals surface area contributed by atoms with E-state index in [1.165, 1.54) is 0 Å². The molecule has 0 spiro atoms. The van der Waals surface area contributed by atoms with E-state index in [1.54, 1.807) is 12.1 Å². The van der Waals surface area contributed by atoms with Crippen molar-refractivity contribution in [2.24, 2.45) is 0 Å². The topological polar surface area (TPSA) is 26.3 Å². The second-order valence-electron chi connectivity index (χ2n) is 2.50. The fraction of sp³-hybridized carbons (Fsp3) is 0.222. The zero-order valence-electron chi connectivity index (χ0n) is 7.01. The van der Waals surface area contributed by atoms with Crippen molar-refractivity contribution < 1.29 is 14.3 Å². The highest BCUT2D eigenvalue weighted by molar-refractivity contribution is 14.1. The summed E-state index contributed by atoms with van der Waals surface area (Å²) in [4.78, 5) is 14.1. The first-order valence-corrected chi connectivity index (χ1v) is 4.88. The quantitative estimate of drug-likeness (QED) is 0.784. The summed E-state index contributed by atoms with van der Waals surface area (Å²) in [5.74, 6) is -0.931. The van der Waals surface area contributed by atoms with E-state index in [4.69, 9.17) is 0 Å². The van der Waals surface area contributed by atoms with Crippen molar-refractivity contribution in [3.63, 3.8) is 0 Å². The number of aryl methyl sites for hydroxylation is 1. The maximum Gasteiger partial charge on any atom is 0.380 e. The summed E-state index contributed by atoms with van der Waals surface area (Å²) in [7, 11) is 0. The Morgan fingerprint density at radius 1 is 1.62 bits per heavy atom. The van der Waals surface area contributed by atoms with E-state index in [-0.39, 0.29) is 5.56 Å². The number of carbonyl (C=O) groups excluding carboxylic acids is 1. The van der Waals surface area contributed by atoms with Crippen LogP contribution in [-0.2, 0) is 11.4 Å². The monoisotopic (exact) mass is 294 g/mol. The molecule has 0 aliphatic rings. The van der Waals surface area contributed by atoms with Gasteiger partial charge in [0.25, 0.3) is 0 Å². The molecular formula is C9H8FIO2. The Morgan fingerprint density at radius 3 is 2.85 bits per heavy atom. The largest absolute Gasteiger partial charge is 0.380 e. The van der Waals surface area contributed by atoms with Gasteiger partial charge in [-0.1, -0.05) is 19.1 Å². The number of hydrogen-bond acceptors (Lipinski definition) is 2. The third-order valence-electron chi connectivity index (χ3n) is 1.75. The van der Waals surface area contributed by atoms with Gasteiger partial charge in [0.2, 0.25) is 0 Å².